The lowest BCUT2D eigenvalue weighted by atomic mass is 9.90. The van der Waals surface area contributed by atoms with E-state index in [4.69, 9.17) is 25.3 Å². The lowest BCUT2D eigenvalue weighted by Crippen LogP contribution is -2.44. The van der Waals surface area contributed by atoms with Crippen molar-refractivity contribution in [3.8, 4) is 0 Å². The summed E-state index contributed by atoms with van der Waals surface area (Å²) in [5.74, 6) is 0.766. The van der Waals surface area contributed by atoms with Gasteiger partial charge < -0.3 is 25.3 Å². The molecule has 0 bridgehead atoms. The van der Waals surface area contributed by atoms with Crippen LogP contribution < -0.4 is 0 Å². The number of hydrogen-bond donors (Lipinski definition) is 5. The Kier molecular flexibility index (Phi) is 11.4. The van der Waals surface area contributed by atoms with Gasteiger partial charge in [0.25, 0.3) is 0 Å². The molecule has 0 amide bonds. The molecule has 1 rings (SSSR count). The minimum atomic E-state index is -2.17. The predicted octanol–water partition coefficient (Wildman–Crippen LogP) is 1.36. The SMILES string of the molecule is CC(C)(O)C(C)(C)O.CC(C)Cc1ccccc1.OB(O)O. The maximum Gasteiger partial charge on any atom is 0.631 e. The first-order valence-electron chi connectivity index (χ1n) is 7.30. The number of benzene rings is 1. The molecule has 0 aliphatic carbocycles. The van der Waals surface area contributed by atoms with Gasteiger partial charge in [0.2, 0.25) is 0 Å². The highest BCUT2D eigenvalue weighted by atomic mass is 16.5. The second-order valence-corrected chi connectivity index (χ2v) is 6.55. The third kappa shape index (κ3) is 15.5. The number of hydrogen-bond acceptors (Lipinski definition) is 5. The normalized spacial score (nSPS) is 11.1. The summed E-state index contributed by atoms with van der Waals surface area (Å²) in [6, 6.07) is 10.6. The Labute approximate surface area is 134 Å². The zero-order valence-corrected chi connectivity index (χ0v) is 14.5. The van der Waals surface area contributed by atoms with Crippen LogP contribution in [-0.4, -0.2) is 43.8 Å². The first-order chi connectivity index (χ1) is 9.77. The van der Waals surface area contributed by atoms with Crippen LogP contribution >= 0.6 is 0 Å². The van der Waals surface area contributed by atoms with E-state index in [1.807, 2.05) is 0 Å². The highest BCUT2D eigenvalue weighted by molar-refractivity contribution is 6.30. The van der Waals surface area contributed by atoms with Gasteiger partial charge in [-0.25, -0.2) is 0 Å². The van der Waals surface area contributed by atoms with E-state index in [9.17, 15) is 0 Å². The molecule has 128 valence electrons. The van der Waals surface area contributed by atoms with Gasteiger partial charge in [0.15, 0.2) is 0 Å². The molecular formula is C16H31BO5. The van der Waals surface area contributed by atoms with Crippen LogP contribution in [0.1, 0.15) is 47.1 Å². The molecule has 0 spiro atoms. The highest BCUT2D eigenvalue weighted by Crippen LogP contribution is 2.19. The summed E-state index contributed by atoms with van der Waals surface area (Å²) in [6.45, 7) is 10.8. The van der Waals surface area contributed by atoms with Crippen LogP contribution in [0.15, 0.2) is 30.3 Å². The van der Waals surface area contributed by atoms with Gasteiger partial charge >= 0.3 is 7.32 Å². The molecule has 0 radical (unpaired) electrons. The maximum atomic E-state index is 9.10. The molecule has 0 aliphatic heterocycles. The minimum Gasteiger partial charge on any atom is -0.402 e. The van der Waals surface area contributed by atoms with Gasteiger partial charge in [-0.05, 0) is 45.6 Å². The van der Waals surface area contributed by atoms with Crippen LogP contribution in [0.4, 0.5) is 0 Å². The zero-order valence-electron chi connectivity index (χ0n) is 14.5. The highest BCUT2D eigenvalue weighted by Gasteiger charge is 2.31. The van der Waals surface area contributed by atoms with Gasteiger partial charge in [0.1, 0.15) is 0 Å². The number of rotatable bonds is 3. The van der Waals surface area contributed by atoms with Crippen LogP contribution in [0, 0.1) is 5.92 Å². The molecule has 5 nitrogen and oxygen atoms in total. The fourth-order valence-electron chi connectivity index (χ4n) is 1.09. The van der Waals surface area contributed by atoms with E-state index in [-0.39, 0.29) is 0 Å². The van der Waals surface area contributed by atoms with Crippen molar-refractivity contribution in [1.29, 1.82) is 0 Å². The molecule has 0 heterocycles. The zero-order chi connectivity index (χ0) is 18.0. The standard InChI is InChI=1S/C10H14.C6H14O2.BH3O3/c1-9(2)8-10-6-4-3-5-7-10;1-5(2,7)6(3,4)8;2-1(3)4/h3-7,9H,8H2,1-2H3;7-8H,1-4H3;2-4H. The van der Waals surface area contributed by atoms with E-state index in [2.05, 4.69) is 44.2 Å². The molecule has 1 aromatic carbocycles. The molecule has 0 atom stereocenters. The molecule has 0 unspecified atom stereocenters. The van der Waals surface area contributed by atoms with Crippen LogP contribution in [0.5, 0.6) is 0 Å². The Bertz CT molecular complexity index is 352. The van der Waals surface area contributed by atoms with Gasteiger partial charge in [0.05, 0.1) is 11.2 Å². The Morgan fingerprint density at radius 3 is 1.41 bits per heavy atom. The quantitative estimate of drug-likeness (QED) is 0.542. The first kappa shape index (κ1) is 23.4. The van der Waals surface area contributed by atoms with Crippen molar-refractivity contribution in [3.05, 3.63) is 35.9 Å². The first-order valence-corrected chi connectivity index (χ1v) is 7.30. The van der Waals surface area contributed by atoms with Gasteiger partial charge in [-0.1, -0.05) is 44.2 Å². The number of aliphatic hydroxyl groups is 2. The van der Waals surface area contributed by atoms with Crippen LogP contribution in [0.3, 0.4) is 0 Å². The maximum absolute atomic E-state index is 9.10. The molecule has 0 aromatic heterocycles. The summed E-state index contributed by atoms with van der Waals surface area (Å²) in [7, 11) is -2.17. The van der Waals surface area contributed by atoms with Gasteiger partial charge in [0, 0.05) is 0 Å². The lowest BCUT2D eigenvalue weighted by Gasteiger charge is -2.31. The van der Waals surface area contributed by atoms with Gasteiger partial charge in [-0.15, -0.1) is 0 Å². The second-order valence-electron chi connectivity index (χ2n) is 6.55. The third-order valence-electron chi connectivity index (χ3n) is 2.98. The Morgan fingerprint density at radius 2 is 1.18 bits per heavy atom. The van der Waals surface area contributed by atoms with Crippen molar-refractivity contribution in [2.75, 3.05) is 0 Å². The molecule has 1 aromatic rings. The molecule has 6 heteroatoms. The Morgan fingerprint density at radius 1 is 0.864 bits per heavy atom. The van der Waals surface area contributed by atoms with Crippen LogP contribution in [0.25, 0.3) is 0 Å². The third-order valence-corrected chi connectivity index (χ3v) is 2.98. The van der Waals surface area contributed by atoms with E-state index in [1.165, 1.54) is 12.0 Å². The van der Waals surface area contributed by atoms with Crippen molar-refractivity contribution in [3.63, 3.8) is 0 Å². The molecular weight excluding hydrogens is 283 g/mol. The van der Waals surface area contributed by atoms with E-state index in [0.717, 1.165) is 5.92 Å². The molecule has 5 N–H and O–H groups in total. The Hall–Kier alpha value is -0.915. The average molecular weight is 314 g/mol. The van der Waals surface area contributed by atoms with Gasteiger partial charge in [-0.3, -0.25) is 0 Å². The largest absolute Gasteiger partial charge is 0.631 e. The summed E-state index contributed by atoms with van der Waals surface area (Å²) in [5, 5.41) is 39.7. The van der Waals surface area contributed by atoms with Gasteiger partial charge in [-0.2, -0.15) is 0 Å². The topological polar surface area (TPSA) is 101 Å². The molecule has 0 saturated carbocycles. The van der Waals surface area contributed by atoms with Crippen molar-refractivity contribution in [2.45, 2.75) is 59.2 Å². The minimum absolute atomic E-state index is 0.766. The van der Waals surface area contributed by atoms with Crippen molar-refractivity contribution in [2.24, 2.45) is 5.92 Å². The van der Waals surface area contributed by atoms with Crippen LogP contribution in [-0.2, 0) is 6.42 Å². The van der Waals surface area contributed by atoms with Crippen molar-refractivity contribution >= 4 is 7.32 Å². The summed E-state index contributed by atoms with van der Waals surface area (Å²) in [4.78, 5) is 0. The van der Waals surface area contributed by atoms with Crippen molar-refractivity contribution in [1.82, 2.24) is 0 Å². The summed E-state index contributed by atoms with van der Waals surface area (Å²) in [6.07, 6.45) is 1.20. The molecule has 0 fully saturated rings. The van der Waals surface area contributed by atoms with E-state index in [1.54, 1.807) is 27.7 Å². The predicted molar refractivity (Wildman–Crippen MR) is 90.0 cm³/mol. The smallest absolute Gasteiger partial charge is 0.402 e. The van der Waals surface area contributed by atoms with E-state index < -0.39 is 18.5 Å². The fourth-order valence-corrected chi connectivity index (χ4v) is 1.09. The molecule has 22 heavy (non-hydrogen) atoms. The average Bonchev–Trinajstić information content (AvgIpc) is 2.26. The fraction of sp³-hybridized carbons (Fsp3) is 0.625. The monoisotopic (exact) mass is 314 g/mol. The molecule has 0 aliphatic rings. The van der Waals surface area contributed by atoms with Crippen LogP contribution in [0.2, 0.25) is 0 Å². The summed E-state index contributed by atoms with van der Waals surface area (Å²) < 4.78 is 0. The lowest BCUT2D eigenvalue weighted by molar-refractivity contribution is -0.107. The summed E-state index contributed by atoms with van der Waals surface area (Å²) in [5.41, 5.74) is -0.572. The molecule has 0 saturated heterocycles. The van der Waals surface area contributed by atoms with E-state index in [0.29, 0.717) is 0 Å². The van der Waals surface area contributed by atoms with Crippen molar-refractivity contribution < 1.29 is 25.3 Å². The van der Waals surface area contributed by atoms with E-state index >= 15 is 0 Å². The second kappa shape index (κ2) is 10.8. The summed E-state index contributed by atoms with van der Waals surface area (Å²) >= 11 is 0. The Balaban J connectivity index is 0.